The normalized spacial score (nSPS) is 12.4. The van der Waals surface area contributed by atoms with Crippen LogP contribution in [-0.2, 0) is 32.3 Å². The van der Waals surface area contributed by atoms with Crippen molar-refractivity contribution in [2.75, 3.05) is 17.4 Å². The minimum absolute atomic E-state index is 0.177. The van der Waals surface area contributed by atoms with Crippen molar-refractivity contribution in [3.05, 3.63) is 95.8 Å². The zero-order valence-corrected chi connectivity index (χ0v) is 23.4. The summed E-state index contributed by atoms with van der Waals surface area (Å²) in [4.78, 5) is 27.6. The smallest absolute Gasteiger partial charge is 0.354 e. The Morgan fingerprint density at radius 3 is 2.22 bits per heavy atom. The van der Waals surface area contributed by atoms with Crippen LogP contribution in [0.25, 0.3) is 0 Å². The molecule has 41 heavy (non-hydrogen) atoms. The van der Waals surface area contributed by atoms with E-state index in [9.17, 15) is 35.6 Å². The molecule has 0 aliphatic carbocycles. The first-order chi connectivity index (χ1) is 19.3. The number of amides is 2. The first-order valence-electron chi connectivity index (χ1n) is 12.9. The SMILES string of the molecule is CCCCNC(=O)[C@@H](C)N(Cc1ccc(F)cc1)C(=O)CN(c1cccc(C(F)(F)F)c1)S(=O)(=O)c1ccccc1. The summed E-state index contributed by atoms with van der Waals surface area (Å²) in [5.41, 5.74) is -1.01. The number of rotatable bonds is 12. The fourth-order valence-corrected chi connectivity index (χ4v) is 5.42. The summed E-state index contributed by atoms with van der Waals surface area (Å²) in [6, 6.07) is 14.8. The van der Waals surface area contributed by atoms with Gasteiger partial charge in [0, 0.05) is 13.1 Å². The number of sulfonamides is 1. The highest BCUT2D eigenvalue weighted by Crippen LogP contribution is 2.33. The van der Waals surface area contributed by atoms with E-state index in [0.29, 0.717) is 28.9 Å². The summed E-state index contributed by atoms with van der Waals surface area (Å²) < 4.78 is 82.0. The molecule has 0 unspecified atom stereocenters. The molecule has 0 saturated heterocycles. The van der Waals surface area contributed by atoms with Crippen molar-refractivity contribution in [2.45, 2.75) is 50.3 Å². The second-order valence-electron chi connectivity index (χ2n) is 9.34. The van der Waals surface area contributed by atoms with Gasteiger partial charge in [-0.25, -0.2) is 12.8 Å². The van der Waals surface area contributed by atoms with Crippen molar-refractivity contribution in [3.8, 4) is 0 Å². The molecule has 0 saturated carbocycles. The molecule has 0 aliphatic heterocycles. The summed E-state index contributed by atoms with van der Waals surface area (Å²) in [5.74, 6) is -1.85. The van der Waals surface area contributed by atoms with Gasteiger partial charge in [-0.05, 0) is 61.4 Å². The molecule has 1 N–H and O–H groups in total. The van der Waals surface area contributed by atoms with E-state index in [2.05, 4.69) is 5.32 Å². The number of unbranched alkanes of at least 4 members (excludes halogenated alkanes) is 1. The van der Waals surface area contributed by atoms with Gasteiger partial charge in [0.2, 0.25) is 11.8 Å². The van der Waals surface area contributed by atoms with Crippen LogP contribution in [0, 0.1) is 5.82 Å². The Morgan fingerprint density at radius 1 is 0.951 bits per heavy atom. The van der Waals surface area contributed by atoms with Gasteiger partial charge in [-0.3, -0.25) is 13.9 Å². The van der Waals surface area contributed by atoms with Crippen molar-refractivity contribution in [2.24, 2.45) is 0 Å². The maximum Gasteiger partial charge on any atom is 0.416 e. The van der Waals surface area contributed by atoms with Crippen LogP contribution in [-0.4, -0.2) is 44.3 Å². The molecule has 0 aromatic heterocycles. The minimum atomic E-state index is -4.76. The fraction of sp³-hybridized carbons (Fsp3) is 0.310. The third kappa shape index (κ3) is 8.29. The Balaban J connectivity index is 2.04. The van der Waals surface area contributed by atoms with E-state index in [1.54, 1.807) is 6.07 Å². The molecule has 3 aromatic rings. The summed E-state index contributed by atoms with van der Waals surface area (Å²) >= 11 is 0. The van der Waals surface area contributed by atoms with Gasteiger partial charge < -0.3 is 10.2 Å². The predicted octanol–water partition coefficient (Wildman–Crippen LogP) is 5.37. The number of anilines is 1. The standard InChI is InChI=1S/C29H31F4N3O4S/c1-3-4-17-34-28(38)21(2)35(19-22-13-15-24(30)16-14-22)27(37)20-36(41(39,40)26-11-6-5-7-12-26)25-10-8-9-23(18-25)29(31,32)33/h5-16,18,21H,3-4,17,19-20H2,1-2H3,(H,34,38)/t21-/m1/s1. The van der Waals surface area contributed by atoms with Crippen molar-refractivity contribution >= 4 is 27.5 Å². The van der Waals surface area contributed by atoms with Gasteiger partial charge in [0.1, 0.15) is 18.4 Å². The van der Waals surface area contributed by atoms with Crippen molar-refractivity contribution in [1.82, 2.24) is 10.2 Å². The highest BCUT2D eigenvalue weighted by molar-refractivity contribution is 7.92. The van der Waals surface area contributed by atoms with E-state index in [1.807, 2.05) is 6.92 Å². The maximum absolute atomic E-state index is 13.8. The van der Waals surface area contributed by atoms with E-state index in [-0.39, 0.29) is 17.1 Å². The summed E-state index contributed by atoms with van der Waals surface area (Å²) in [7, 11) is -4.52. The summed E-state index contributed by atoms with van der Waals surface area (Å²) in [5, 5.41) is 2.73. The Kier molecular flexibility index (Phi) is 10.5. The molecule has 220 valence electrons. The lowest BCUT2D eigenvalue weighted by Crippen LogP contribution is -2.51. The van der Waals surface area contributed by atoms with Crippen LogP contribution in [0.15, 0.2) is 83.8 Å². The van der Waals surface area contributed by atoms with Crippen LogP contribution < -0.4 is 9.62 Å². The number of carbonyl (C=O) groups is 2. The molecule has 0 radical (unpaired) electrons. The first kappa shape index (κ1) is 31.6. The predicted molar refractivity (Wildman–Crippen MR) is 147 cm³/mol. The quantitative estimate of drug-likeness (QED) is 0.226. The Bertz CT molecular complexity index is 1430. The van der Waals surface area contributed by atoms with E-state index in [1.165, 1.54) is 55.5 Å². The third-order valence-corrected chi connectivity index (χ3v) is 8.12. The molecule has 0 fully saturated rings. The molecule has 1 atom stereocenters. The van der Waals surface area contributed by atoms with Crippen LogP contribution >= 0.6 is 0 Å². The van der Waals surface area contributed by atoms with Gasteiger partial charge in [0.15, 0.2) is 0 Å². The van der Waals surface area contributed by atoms with Crippen LogP contribution in [0.3, 0.4) is 0 Å². The lowest BCUT2D eigenvalue weighted by atomic mass is 10.1. The lowest BCUT2D eigenvalue weighted by Gasteiger charge is -2.32. The van der Waals surface area contributed by atoms with Crippen molar-refractivity contribution in [3.63, 3.8) is 0 Å². The Hall–Kier alpha value is -3.93. The molecule has 3 rings (SSSR count). The van der Waals surface area contributed by atoms with Gasteiger partial charge in [0.25, 0.3) is 10.0 Å². The molecule has 12 heteroatoms. The van der Waals surface area contributed by atoms with E-state index in [4.69, 9.17) is 0 Å². The highest BCUT2D eigenvalue weighted by atomic mass is 32.2. The van der Waals surface area contributed by atoms with Crippen LogP contribution in [0.4, 0.5) is 23.2 Å². The van der Waals surface area contributed by atoms with Crippen LogP contribution in [0.5, 0.6) is 0 Å². The summed E-state index contributed by atoms with van der Waals surface area (Å²) in [6.07, 6.45) is -3.25. The zero-order chi connectivity index (χ0) is 30.2. The van der Waals surface area contributed by atoms with Crippen molar-refractivity contribution < 1.29 is 35.6 Å². The Labute approximate surface area is 236 Å². The molecule has 0 bridgehead atoms. The number of carbonyl (C=O) groups excluding carboxylic acids is 2. The van der Waals surface area contributed by atoms with Gasteiger partial charge in [-0.15, -0.1) is 0 Å². The van der Waals surface area contributed by atoms with Crippen LogP contribution in [0.1, 0.15) is 37.8 Å². The van der Waals surface area contributed by atoms with Gasteiger partial charge in [-0.1, -0.05) is 49.7 Å². The van der Waals surface area contributed by atoms with Gasteiger partial charge >= 0.3 is 6.18 Å². The first-order valence-corrected chi connectivity index (χ1v) is 14.3. The van der Waals surface area contributed by atoms with E-state index >= 15 is 0 Å². The number of hydrogen-bond donors (Lipinski definition) is 1. The zero-order valence-electron chi connectivity index (χ0n) is 22.6. The average Bonchev–Trinajstić information content (AvgIpc) is 2.95. The van der Waals surface area contributed by atoms with Crippen molar-refractivity contribution in [1.29, 1.82) is 0 Å². The number of hydrogen-bond acceptors (Lipinski definition) is 4. The number of halogens is 4. The molecule has 0 spiro atoms. The average molecular weight is 594 g/mol. The molecule has 0 aliphatic rings. The largest absolute Gasteiger partial charge is 0.416 e. The molecule has 2 amide bonds. The molecule has 0 heterocycles. The number of nitrogens with zero attached hydrogens (tertiary/aromatic N) is 2. The van der Waals surface area contributed by atoms with Gasteiger partial charge in [-0.2, -0.15) is 13.2 Å². The van der Waals surface area contributed by atoms with Gasteiger partial charge in [0.05, 0.1) is 16.1 Å². The maximum atomic E-state index is 13.8. The molecule has 7 nitrogen and oxygen atoms in total. The number of nitrogens with one attached hydrogen (secondary N) is 1. The topological polar surface area (TPSA) is 86.8 Å². The number of benzene rings is 3. The summed E-state index contributed by atoms with van der Waals surface area (Å²) in [6.45, 7) is 2.69. The Morgan fingerprint density at radius 2 is 1.61 bits per heavy atom. The van der Waals surface area contributed by atoms with Crippen LogP contribution in [0.2, 0.25) is 0 Å². The second-order valence-corrected chi connectivity index (χ2v) is 11.2. The number of alkyl halides is 3. The second kappa shape index (κ2) is 13.6. The molecule has 3 aromatic carbocycles. The van der Waals surface area contributed by atoms with E-state index in [0.717, 1.165) is 29.5 Å². The third-order valence-electron chi connectivity index (χ3n) is 6.33. The lowest BCUT2D eigenvalue weighted by molar-refractivity contribution is -0.139. The minimum Gasteiger partial charge on any atom is -0.354 e. The van der Waals surface area contributed by atoms with E-state index < -0.39 is 52.0 Å². The molecular weight excluding hydrogens is 562 g/mol. The highest BCUT2D eigenvalue weighted by Gasteiger charge is 2.35. The molecular formula is C29H31F4N3O4S. The monoisotopic (exact) mass is 593 g/mol. The fourth-order valence-electron chi connectivity index (χ4n) is 3.99.